The average molecular weight is 393 g/mol. The number of nitrogens with zero attached hydrogens (tertiary/aromatic N) is 3. The topological polar surface area (TPSA) is 86.9 Å². The molecule has 1 saturated heterocycles. The largest absolute Gasteiger partial charge is 0.497 e. The first-order chi connectivity index (χ1) is 14.1. The third-order valence-electron chi connectivity index (χ3n) is 5.25. The normalized spacial score (nSPS) is 17.8. The molecule has 29 heavy (non-hydrogen) atoms. The number of amides is 1. The number of rotatable bonds is 4. The molecule has 2 aliphatic heterocycles. The molecule has 0 bridgehead atoms. The van der Waals surface area contributed by atoms with E-state index in [1.54, 1.807) is 12.0 Å². The van der Waals surface area contributed by atoms with Crippen LogP contribution in [0, 0.1) is 6.92 Å². The van der Waals surface area contributed by atoms with Gasteiger partial charge in [-0.3, -0.25) is 4.79 Å². The van der Waals surface area contributed by atoms with Crippen molar-refractivity contribution in [2.45, 2.75) is 19.3 Å². The highest BCUT2D eigenvalue weighted by Gasteiger charge is 2.36. The van der Waals surface area contributed by atoms with Gasteiger partial charge in [0.2, 0.25) is 24.4 Å². The van der Waals surface area contributed by atoms with Crippen LogP contribution in [0.5, 0.6) is 17.2 Å². The number of fused-ring (bicyclic) bond motifs is 1. The van der Waals surface area contributed by atoms with Gasteiger partial charge in [0.25, 0.3) is 0 Å². The monoisotopic (exact) mass is 393 g/mol. The molecular weight excluding hydrogens is 374 g/mol. The van der Waals surface area contributed by atoms with E-state index >= 15 is 0 Å². The van der Waals surface area contributed by atoms with E-state index in [0.717, 1.165) is 16.8 Å². The van der Waals surface area contributed by atoms with Crippen molar-refractivity contribution in [2.75, 3.05) is 25.3 Å². The van der Waals surface area contributed by atoms with Crippen LogP contribution < -0.4 is 19.1 Å². The predicted molar refractivity (Wildman–Crippen MR) is 103 cm³/mol. The summed E-state index contributed by atoms with van der Waals surface area (Å²) in [6.07, 6.45) is 0.319. The maximum Gasteiger partial charge on any atom is 0.232 e. The van der Waals surface area contributed by atoms with E-state index in [-0.39, 0.29) is 18.6 Å². The van der Waals surface area contributed by atoms with Crippen LogP contribution in [0.15, 0.2) is 40.9 Å². The highest BCUT2D eigenvalue weighted by molar-refractivity contribution is 5.97. The third-order valence-corrected chi connectivity index (χ3v) is 5.25. The number of aryl methyl sites for hydroxylation is 1. The van der Waals surface area contributed by atoms with Crippen LogP contribution in [-0.4, -0.2) is 36.5 Å². The van der Waals surface area contributed by atoms with Crippen LogP contribution in [0.4, 0.5) is 5.69 Å². The Balaban J connectivity index is 1.39. The Labute approximate surface area is 167 Å². The number of aromatic nitrogens is 2. The Morgan fingerprint density at radius 3 is 2.86 bits per heavy atom. The lowest BCUT2D eigenvalue weighted by Gasteiger charge is -2.19. The Hall–Kier alpha value is -3.55. The van der Waals surface area contributed by atoms with Gasteiger partial charge >= 0.3 is 0 Å². The fourth-order valence-electron chi connectivity index (χ4n) is 3.67. The van der Waals surface area contributed by atoms with Gasteiger partial charge in [0.05, 0.1) is 18.7 Å². The van der Waals surface area contributed by atoms with Gasteiger partial charge in [0.15, 0.2) is 11.5 Å². The van der Waals surface area contributed by atoms with Crippen molar-refractivity contribution in [3.8, 4) is 28.6 Å². The van der Waals surface area contributed by atoms with Crippen molar-refractivity contribution in [1.29, 1.82) is 0 Å². The Morgan fingerprint density at radius 1 is 1.14 bits per heavy atom. The maximum absolute atomic E-state index is 12.7. The quantitative estimate of drug-likeness (QED) is 0.672. The molecule has 0 spiro atoms. The number of hydrogen-bond donors (Lipinski definition) is 0. The Morgan fingerprint density at radius 2 is 2.00 bits per heavy atom. The van der Waals surface area contributed by atoms with Gasteiger partial charge in [-0.1, -0.05) is 11.2 Å². The Kier molecular flexibility index (Phi) is 4.12. The second-order valence-corrected chi connectivity index (χ2v) is 7.08. The molecule has 2 aliphatic rings. The first-order valence-corrected chi connectivity index (χ1v) is 9.31. The van der Waals surface area contributed by atoms with Gasteiger partial charge in [-0.15, -0.1) is 0 Å². The fourth-order valence-corrected chi connectivity index (χ4v) is 3.67. The highest BCUT2D eigenvalue weighted by atomic mass is 16.7. The summed E-state index contributed by atoms with van der Waals surface area (Å²) in [6, 6.07) is 11.2. The summed E-state index contributed by atoms with van der Waals surface area (Å²) in [6.45, 7) is 2.66. The number of benzene rings is 2. The van der Waals surface area contributed by atoms with Crippen molar-refractivity contribution in [3.05, 3.63) is 47.9 Å². The lowest BCUT2D eigenvalue weighted by atomic mass is 10.1. The number of anilines is 1. The minimum absolute atomic E-state index is 0.0224. The molecule has 3 heterocycles. The summed E-state index contributed by atoms with van der Waals surface area (Å²) >= 11 is 0. The zero-order valence-corrected chi connectivity index (χ0v) is 16.0. The summed E-state index contributed by atoms with van der Waals surface area (Å²) in [5.41, 5.74) is 2.62. The highest BCUT2D eigenvalue weighted by Crippen LogP contribution is 2.37. The minimum Gasteiger partial charge on any atom is -0.497 e. The number of carbonyl (C=O) groups excluding carboxylic acids is 1. The molecule has 2 aromatic carbocycles. The molecule has 0 saturated carbocycles. The van der Waals surface area contributed by atoms with Gasteiger partial charge in [-0.2, -0.15) is 4.98 Å². The zero-order chi connectivity index (χ0) is 20.0. The molecule has 0 aliphatic carbocycles. The smallest absolute Gasteiger partial charge is 0.232 e. The molecule has 0 N–H and O–H groups in total. The Bertz CT molecular complexity index is 1090. The van der Waals surface area contributed by atoms with Crippen LogP contribution in [0.1, 0.15) is 23.8 Å². The van der Waals surface area contributed by atoms with Crippen LogP contribution in [0.2, 0.25) is 0 Å². The molecule has 148 valence electrons. The van der Waals surface area contributed by atoms with E-state index in [0.29, 0.717) is 41.9 Å². The summed E-state index contributed by atoms with van der Waals surface area (Å²) in [5, 5.41) is 4.09. The van der Waals surface area contributed by atoms with Crippen molar-refractivity contribution >= 4 is 11.6 Å². The van der Waals surface area contributed by atoms with Crippen molar-refractivity contribution in [1.82, 2.24) is 10.1 Å². The van der Waals surface area contributed by atoms with Gasteiger partial charge in [0, 0.05) is 24.6 Å². The molecule has 8 nitrogen and oxygen atoms in total. The molecular formula is C21H19N3O5. The number of methoxy groups -OCH3 is 1. The standard InChI is InChI=1S/C21H19N3O5/c1-12-3-5-15(26-2)9-16(12)24-10-14(8-19(24)25)21-22-20(23-29-21)13-4-6-17-18(7-13)28-11-27-17/h3-7,9,14H,8,10-11H2,1-2H3. The molecule has 1 unspecified atom stereocenters. The fraction of sp³-hybridized carbons (Fsp3) is 0.286. The van der Waals surface area contributed by atoms with E-state index in [4.69, 9.17) is 18.7 Å². The number of ether oxygens (including phenoxy) is 3. The molecule has 3 aromatic rings. The van der Waals surface area contributed by atoms with Crippen LogP contribution in [0.3, 0.4) is 0 Å². The summed E-state index contributed by atoms with van der Waals surface area (Å²) in [4.78, 5) is 19.0. The first-order valence-electron chi connectivity index (χ1n) is 9.31. The van der Waals surface area contributed by atoms with E-state index in [1.807, 2.05) is 43.3 Å². The second kappa shape index (κ2) is 6.80. The van der Waals surface area contributed by atoms with Crippen LogP contribution in [-0.2, 0) is 4.79 Å². The van der Waals surface area contributed by atoms with Crippen LogP contribution in [0.25, 0.3) is 11.4 Å². The molecule has 1 fully saturated rings. The molecule has 1 aromatic heterocycles. The number of carbonyl (C=O) groups is 1. The van der Waals surface area contributed by atoms with Gasteiger partial charge < -0.3 is 23.6 Å². The molecule has 1 atom stereocenters. The van der Waals surface area contributed by atoms with Crippen LogP contribution >= 0.6 is 0 Å². The van der Waals surface area contributed by atoms with Crippen molar-refractivity contribution in [2.24, 2.45) is 0 Å². The predicted octanol–water partition coefficient (Wildman–Crippen LogP) is 3.30. The SMILES string of the molecule is COc1ccc(C)c(N2CC(c3nc(-c4ccc5c(c4)OCO5)no3)CC2=O)c1. The summed E-state index contributed by atoms with van der Waals surface area (Å²) in [5.74, 6) is 2.84. The first kappa shape index (κ1) is 17.5. The van der Waals surface area contributed by atoms with Crippen molar-refractivity contribution in [3.63, 3.8) is 0 Å². The third kappa shape index (κ3) is 3.06. The second-order valence-electron chi connectivity index (χ2n) is 7.08. The van der Waals surface area contributed by atoms with E-state index in [9.17, 15) is 4.79 Å². The summed E-state index contributed by atoms with van der Waals surface area (Å²) < 4.78 is 21.5. The van der Waals surface area contributed by atoms with Gasteiger partial charge in [-0.25, -0.2) is 0 Å². The summed E-state index contributed by atoms with van der Waals surface area (Å²) in [7, 11) is 1.61. The van der Waals surface area contributed by atoms with Gasteiger partial charge in [-0.05, 0) is 36.8 Å². The molecule has 1 amide bonds. The number of hydrogen-bond acceptors (Lipinski definition) is 7. The molecule has 0 radical (unpaired) electrons. The van der Waals surface area contributed by atoms with Crippen molar-refractivity contribution < 1.29 is 23.5 Å². The van der Waals surface area contributed by atoms with Gasteiger partial charge in [0.1, 0.15) is 5.75 Å². The zero-order valence-electron chi connectivity index (χ0n) is 16.0. The van der Waals surface area contributed by atoms with E-state index in [1.165, 1.54) is 0 Å². The lowest BCUT2D eigenvalue weighted by Crippen LogP contribution is -2.25. The van der Waals surface area contributed by atoms with E-state index < -0.39 is 0 Å². The average Bonchev–Trinajstić information content (AvgIpc) is 3.47. The molecule has 5 rings (SSSR count). The minimum atomic E-state index is -0.164. The maximum atomic E-state index is 12.7. The lowest BCUT2D eigenvalue weighted by molar-refractivity contribution is -0.117. The van der Waals surface area contributed by atoms with E-state index in [2.05, 4.69) is 10.1 Å². The molecule has 8 heteroatoms.